The van der Waals surface area contributed by atoms with E-state index in [1.807, 2.05) is 17.0 Å². The van der Waals surface area contributed by atoms with Crippen LogP contribution in [0.2, 0.25) is 0 Å². The molecule has 1 fully saturated rings. The average Bonchev–Trinajstić information content (AvgIpc) is 2.79. The maximum atomic E-state index is 11.9. The zero-order chi connectivity index (χ0) is 13.2. The summed E-state index contributed by atoms with van der Waals surface area (Å²) >= 11 is 3.46. The van der Waals surface area contributed by atoms with Gasteiger partial charge < -0.3 is 4.90 Å². The minimum atomic E-state index is 0.255. The van der Waals surface area contributed by atoms with Gasteiger partial charge >= 0.3 is 0 Å². The second-order valence-electron chi connectivity index (χ2n) is 5.03. The molecule has 1 atom stereocenters. The lowest BCUT2D eigenvalue weighted by Crippen LogP contribution is -2.24. The van der Waals surface area contributed by atoms with E-state index in [1.54, 1.807) is 6.20 Å². The maximum absolute atomic E-state index is 11.9. The number of aromatic nitrogens is 1. The lowest BCUT2D eigenvalue weighted by atomic mass is 10.1. The van der Waals surface area contributed by atoms with Gasteiger partial charge in [-0.3, -0.25) is 9.78 Å². The number of benzene rings is 1. The highest BCUT2D eigenvalue weighted by Crippen LogP contribution is 2.22. The van der Waals surface area contributed by atoms with E-state index in [2.05, 4.69) is 39.1 Å². The molecule has 1 unspecified atom stereocenters. The summed E-state index contributed by atoms with van der Waals surface area (Å²) in [5.41, 5.74) is 2.14. The Kier molecular flexibility index (Phi) is 3.51. The van der Waals surface area contributed by atoms with Gasteiger partial charge in [0, 0.05) is 36.4 Å². The number of nitrogens with zero attached hydrogens (tertiary/aromatic N) is 2. The molecule has 2 heterocycles. The quantitative estimate of drug-likeness (QED) is 0.815. The summed E-state index contributed by atoms with van der Waals surface area (Å²) in [6.45, 7) is 1.54. The van der Waals surface area contributed by atoms with Crippen LogP contribution in [0.5, 0.6) is 0 Å². The number of fused-ring (bicyclic) bond motifs is 1. The number of rotatable bonds is 3. The monoisotopic (exact) mass is 318 g/mol. The number of pyridine rings is 1. The van der Waals surface area contributed by atoms with Gasteiger partial charge in [-0.25, -0.2) is 0 Å². The highest BCUT2D eigenvalue weighted by atomic mass is 79.9. The Balaban J connectivity index is 1.80. The molecule has 0 radical (unpaired) electrons. The summed E-state index contributed by atoms with van der Waals surface area (Å²) in [6, 6.07) is 10.2. The molecule has 3 rings (SSSR count). The van der Waals surface area contributed by atoms with Crippen molar-refractivity contribution < 1.29 is 4.79 Å². The molecular formula is C15H15BrN2O. The lowest BCUT2D eigenvalue weighted by molar-refractivity contribution is -0.128. The zero-order valence-corrected chi connectivity index (χ0v) is 12.1. The predicted octanol–water partition coefficient (Wildman–Crippen LogP) is 2.98. The Morgan fingerprint density at radius 2 is 2.26 bits per heavy atom. The van der Waals surface area contributed by atoms with Gasteiger partial charge in [0.2, 0.25) is 5.91 Å². The van der Waals surface area contributed by atoms with Crippen LogP contribution in [0.15, 0.2) is 36.5 Å². The summed E-state index contributed by atoms with van der Waals surface area (Å²) < 4.78 is 0. The number of carbonyl (C=O) groups is 1. The molecule has 1 aromatic heterocycles. The third kappa shape index (κ3) is 2.63. The smallest absolute Gasteiger partial charge is 0.223 e. The lowest BCUT2D eigenvalue weighted by Gasteiger charge is -2.16. The van der Waals surface area contributed by atoms with E-state index >= 15 is 0 Å². The van der Waals surface area contributed by atoms with Crippen LogP contribution in [-0.2, 0) is 11.3 Å². The highest BCUT2D eigenvalue weighted by Gasteiger charge is 2.28. The number of likely N-dealkylation sites (tertiary alicyclic amines) is 1. The molecule has 0 bridgehead atoms. The molecule has 1 amide bonds. The molecule has 0 aliphatic carbocycles. The van der Waals surface area contributed by atoms with Gasteiger partial charge in [0.1, 0.15) is 0 Å². The van der Waals surface area contributed by atoms with Crippen LogP contribution < -0.4 is 0 Å². The summed E-state index contributed by atoms with van der Waals surface area (Å²) in [6.07, 6.45) is 2.46. The number of amides is 1. The fraction of sp³-hybridized carbons (Fsp3) is 0.333. The fourth-order valence-electron chi connectivity index (χ4n) is 2.54. The maximum Gasteiger partial charge on any atom is 0.223 e. The molecule has 4 heteroatoms. The van der Waals surface area contributed by atoms with Gasteiger partial charge in [0.25, 0.3) is 0 Å². The Hall–Kier alpha value is -1.42. The average molecular weight is 319 g/mol. The van der Waals surface area contributed by atoms with E-state index in [4.69, 9.17) is 0 Å². The molecule has 98 valence electrons. The first-order valence-corrected chi connectivity index (χ1v) is 7.56. The molecule has 0 saturated carbocycles. The van der Waals surface area contributed by atoms with Crippen LogP contribution in [0.4, 0.5) is 0 Å². The first-order valence-electron chi connectivity index (χ1n) is 6.43. The van der Waals surface area contributed by atoms with Crippen molar-refractivity contribution in [2.75, 3.05) is 11.9 Å². The van der Waals surface area contributed by atoms with Gasteiger partial charge in [0.05, 0.1) is 5.52 Å². The summed E-state index contributed by atoms with van der Waals surface area (Å²) in [5, 5.41) is 2.03. The SMILES string of the molecule is O=C1CC(CBr)CN1Cc1ccc2cccnc2c1. The minimum absolute atomic E-state index is 0.255. The molecule has 0 spiro atoms. The van der Waals surface area contributed by atoms with E-state index < -0.39 is 0 Å². The van der Waals surface area contributed by atoms with Crippen molar-refractivity contribution in [2.24, 2.45) is 5.92 Å². The Bertz CT molecular complexity index is 614. The second-order valence-corrected chi connectivity index (χ2v) is 5.68. The van der Waals surface area contributed by atoms with Gasteiger partial charge in [-0.2, -0.15) is 0 Å². The largest absolute Gasteiger partial charge is 0.338 e. The number of hydrogen-bond acceptors (Lipinski definition) is 2. The van der Waals surface area contributed by atoms with Gasteiger partial charge in [-0.1, -0.05) is 34.1 Å². The fourth-order valence-corrected chi connectivity index (χ4v) is 2.97. The molecule has 1 saturated heterocycles. The van der Waals surface area contributed by atoms with E-state index in [9.17, 15) is 4.79 Å². The van der Waals surface area contributed by atoms with Gasteiger partial charge in [0.15, 0.2) is 0 Å². The van der Waals surface area contributed by atoms with Crippen LogP contribution in [0.25, 0.3) is 10.9 Å². The number of hydrogen-bond donors (Lipinski definition) is 0. The van der Waals surface area contributed by atoms with Crippen LogP contribution in [-0.4, -0.2) is 27.7 Å². The second kappa shape index (κ2) is 5.29. The Morgan fingerprint density at radius 3 is 3.05 bits per heavy atom. The zero-order valence-electron chi connectivity index (χ0n) is 10.6. The van der Waals surface area contributed by atoms with Crippen LogP contribution in [0.1, 0.15) is 12.0 Å². The third-order valence-corrected chi connectivity index (χ3v) is 4.47. The summed E-state index contributed by atoms with van der Waals surface area (Å²) in [5.74, 6) is 0.705. The van der Waals surface area contributed by atoms with E-state index in [0.717, 1.165) is 28.3 Å². The van der Waals surface area contributed by atoms with Gasteiger partial charge in [-0.05, 0) is 23.6 Å². The Labute approximate surface area is 120 Å². The van der Waals surface area contributed by atoms with E-state index in [1.165, 1.54) is 0 Å². The number of alkyl halides is 1. The van der Waals surface area contributed by atoms with Crippen LogP contribution in [0.3, 0.4) is 0 Å². The molecule has 1 aliphatic rings. The highest BCUT2D eigenvalue weighted by molar-refractivity contribution is 9.09. The van der Waals surface area contributed by atoms with Crippen molar-refractivity contribution in [1.82, 2.24) is 9.88 Å². The first kappa shape index (κ1) is 12.6. The third-order valence-electron chi connectivity index (χ3n) is 3.56. The van der Waals surface area contributed by atoms with E-state index in [-0.39, 0.29) is 5.91 Å². The van der Waals surface area contributed by atoms with Crippen molar-refractivity contribution in [3.05, 3.63) is 42.1 Å². The standard InChI is InChI=1S/C15H15BrN2O/c16-8-12-7-15(19)18(10-12)9-11-3-4-13-2-1-5-17-14(13)6-11/h1-6,12H,7-10H2. The van der Waals surface area contributed by atoms with Crippen molar-refractivity contribution in [3.8, 4) is 0 Å². The van der Waals surface area contributed by atoms with Crippen LogP contribution in [0, 0.1) is 5.92 Å². The van der Waals surface area contributed by atoms with Crippen molar-refractivity contribution in [1.29, 1.82) is 0 Å². The summed E-state index contributed by atoms with van der Waals surface area (Å²) in [4.78, 5) is 18.2. The molecular weight excluding hydrogens is 304 g/mol. The van der Waals surface area contributed by atoms with Gasteiger partial charge in [-0.15, -0.1) is 0 Å². The molecule has 1 aromatic carbocycles. The molecule has 1 aliphatic heterocycles. The topological polar surface area (TPSA) is 33.2 Å². The summed E-state index contributed by atoms with van der Waals surface area (Å²) in [7, 11) is 0. The van der Waals surface area contributed by atoms with Crippen molar-refractivity contribution >= 4 is 32.7 Å². The molecule has 19 heavy (non-hydrogen) atoms. The normalized spacial score (nSPS) is 19.3. The molecule has 0 N–H and O–H groups in total. The first-order chi connectivity index (χ1) is 9.26. The molecule has 3 nitrogen and oxygen atoms in total. The minimum Gasteiger partial charge on any atom is -0.338 e. The molecule has 2 aromatic rings. The van der Waals surface area contributed by atoms with E-state index in [0.29, 0.717) is 18.9 Å². The number of halogens is 1. The predicted molar refractivity (Wildman–Crippen MR) is 79.1 cm³/mol. The van der Waals surface area contributed by atoms with Crippen molar-refractivity contribution in [3.63, 3.8) is 0 Å². The Morgan fingerprint density at radius 1 is 1.37 bits per heavy atom. The number of carbonyl (C=O) groups excluding carboxylic acids is 1. The van der Waals surface area contributed by atoms with Crippen molar-refractivity contribution in [2.45, 2.75) is 13.0 Å². The van der Waals surface area contributed by atoms with Crippen LogP contribution >= 0.6 is 15.9 Å².